The number of anilines is 1. The van der Waals surface area contributed by atoms with E-state index in [0.717, 1.165) is 5.56 Å². The van der Waals surface area contributed by atoms with Gasteiger partial charge in [0.05, 0.1) is 12.9 Å². The van der Waals surface area contributed by atoms with Gasteiger partial charge in [-0.1, -0.05) is 30.3 Å². The van der Waals surface area contributed by atoms with Gasteiger partial charge in [0.25, 0.3) is 0 Å². The molecule has 0 spiro atoms. The van der Waals surface area contributed by atoms with Crippen LogP contribution in [-0.2, 0) is 11.3 Å². The molecule has 0 radical (unpaired) electrons. The lowest BCUT2D eigenvalue weighted by atomic mass is 9.98. The van der Waals surface area contributed by atoms with Gasteiger partial charge in [-0.05, 0) is 12.5 Å². The Morgan fingerprint density at radius 3 is 2.75 bits per heavy atom. The molecular formula is C18H20FN5O4. The maximum atomic E-state index is 15.1. The average molecular weight is 389 g/mol. The van der Waals surface area contributed by atoms with E-state index in [2.05, 4.69) is 15.0 Å². The topological polar surface area (TPSA) is 129 Å². The zero-order chi connectivity index (χ0) is 19.9. The van der Waals surface area contributed by atoms with E-state index in [1.807, 2.05) is 30.3 Å². The van der Waals surface area contributed by atoms with Crippen LogP contribution in [-0.4, -0.2) is 54.2 Å². The van der Waals surface area contributed by atoms with Crippen molar-refractivity contribution in [1.29, 1.82) is 0 Å². The molecule has 9 nitrogen and oxygen atoms in total. The predicted octanol–water partition coefficient (Wildman–Crippen LogP) is 0.966. The number of aliphatic hydroxyl groups is 2. The van der Waals surface area contributed by atoms with E-state index in [9.17, 15) is 10.2 Å². The number of aromatic nitrogens is 4. The maximum Gasteiger partial charge on any atom is 0.247 e. The summed E-state index contributed by atoms with van der Waals surface area (Å²) in [4.78, 5) is 12.4. The minimum Gasteiger partial charge on any atom is -0.471 e. The monoisotopic (exact) mass is 389 g/mol. The zero-order valence-corrected chi connectivity index (χ0v) is 15.1. The maximum absolute atomic E-state index is 15.1. The number of hydrogen-bond donors (Lipinski definition) is 3. The van der Waals surface area contributed by atoms with Gasteiger partial charge in [0.1, 0.15) is 18.8 Å². The Morgan fingerprint density at radius 2 is 2.07 bits per heavy atom. The Labute approximate surface area is 159 Å². The Kier molecular flexibility index (Phi) is 4.61. The highest BCUT2D eigenvalue weighted by Gasteiger charge is 2.55. The molecule has 3 heterocycles. The number of imidazole rings is 1. The molecule has 1 saturated heterocycles. The van der Waals surface area contributed by atoms with Gasteiger partial charge in [0.2, 0.25) is 11.8 Å². The summed E-state index contributed by atoms with van der Waals surface area (Å²) in [7, 11) is 0. The molecule has 1 aliphatic rings. The van der Waals surface area contributed by atoms with Gasteiger partial charge in [-0.2, -0.15) is 9.97 Å². The molecule has 3 aromatic rings. The summed E-state index contributed by atoms with van der Waals surface area (Å²) in [5, 5.41) is 19.4. The second-order valence-corrected chi connectivity index (χ2v) is 6.79. The molecule has 148 valence electrons. The molecule has 0 amide bonds. The largest absolute Gasteiger partial charge is 0.471 e. The molecule has 0 aliphatic carbocycles. The summed E-state index contributed by atoms with van der Waals surface area (Å²) < 4.78 is 27.7. The van der Waals surface area contributed by atoms with Crippen molar-refractivity contribution in [1.82, 2.24) is 19.5 Å². The lowest BCUT2D eigenvalue weighted by Gasteiger charge is -2.24. The van der Waals surface area contributed by atoms with Crippen molar-refractivity contribution in [3.8, 4) is 5.88 Å². The number of fused-ring (bicyclic) bond motifs is 1. The fourth-order valence-corrected chi connectivity index (χ4v) is 3.27. The molecule has 2 aromatic heterocycles. The summed E-state index contributed by atoms with van der Waals surface area (Å²) in [6.45, 7) is 0.916. The van der Waals surface area contributed by atoms with Gasteiger partial charge < -0.3 is 25.4 Å². The van der Waals surface area contributed by atoms with E-state index in [-0.39, 0.29) is 29.6 Å². The number of alkyl halides is 1. The van der Waals surface area contributed by atoms with Gasteiger partial charge in [-0.25, -0.2) is 9.37 Å². The summed E-state index contributed by atoms with van der Waals surface area (Å²) in [5.41, 5.74) is 5.04. The SMILES string of the molecule is CC1(F)C(O)C(CO)OC1n1cnc2c(OCc3ccccc3)nc(N)nc21. The van der Waals surface area contributed by atoms with Crippen LogP contribution in [0.25, 0.3) is 11.2 Å². The average Bonchev–Trinajstić information content (AvgIpc) is 3.19. The van der Waals surface area contributed by atoms with E-state index in [0.29, 0.717) is 0 Å². The minimum absolute atomic E-state index is 0.0740. The van der Waals surface area contributed by atoms with Crippen molar-refractivity contribution in [2.45, 2.75) is 37.6 Å². The van der Waals surface area contributed by atoms with Crippen molar-refractivity contribution in [2.75, 3.05) is 12.3 Å². The first-order valence-electron chi connectivity index (χ1n) is 8.72. The van der Waals surface area contributed by atoms with Crippen LogP contribution < -0.4 is 10.5 Å². The fraction of sp³-hybridized carbons (Fsp3) is 0.389. The third kappa shape index (κ3) is 3.05. The van der Waals surface area contributed by atoms with Crippen molar-refractivity contribution >= 4 is 17.1 Å². The Hall–Kier alpha value is -2.82. The van der Waals surface area contributed by atoms with E-state index >= 15 is 4.39 Å². The lowest BCUT2D eigenvalue weighted by Crippen LogP contribution is -2.40. The van der Waals surface area contributed by atoms with Crippen molar-refractivity contribution in [2.24, 2.45) is 0 Å². The molecule has 10 heteroatoms. The first kappa shape index (κ1) is 18.5. The van der Waals surface area contributed by atoms with E-state index in [1.165, 1.54) is 17.8 Å². The molecule has 1 aliphatic heterocycles. The highest BCUT2D eigenvalue weighted by Crippen LogP contribution is 2.42. The van der Waals surface area contributed by atoms with Crippen LogP contribution in [0.5, 0.6) is 5.88 Å². The summed E-state index contributed by atoms with van der Waals surface area (Å²) >= 11 is 0. The zero-order valence-electron chi connectivity index (χ0n) is 15.1. The minimum atomic E-state index is -2.17. The number of nitrogen functional groups attached to an aromatic ring is 1. The number of nitrogens with zero attached hydrogens (tertiary/aromatic N) is 4. The van der Waals surface area contributed by atoms with E-state index < -0.39 is 30.7 Å². The molecule has 4 unspecified atom stereocenters. The lowest BCUT2D eigenvalue weighted by molar-refractivity contribution is -0.0566. The van der Waals surface area contributed by atoms with E-state index in [4.69, 9.17) is 15.2 Å². The smallest absolute Gasteiger partial charge is 0.247 e. The normalized spacial score (nSPS) is 27.4. The molecule has 0 bridgehead atoms. The predicted molar refractivity (Wildman–Crippen MR) is 97.0 cm³/mol. The molecule has 1 aromatic carbocycles. The summed E-state index contributed by atoms with van der Waals surface area (Å²) in [6, 6.07) is 9.48. The molecule has 4 rings (SSSR count). The van der Waals surface area contributed by atoms with Crippen molar-refractivity contribution < 1.29 is 24.1 Å². The van der Waals surface area contributed by atoms with Crippen molar-refractivity contribution in [3.63, 3.8) is 0 Å². The number of nitrogens with two attached hydrogens (primary N) is 1. The van der Waals surface area contributed by atoms with E-state index in [1.54, 1.807) is 0 Å². The standard InChI is InChI=1S/C18H20FN5O4/c1-18(19)13(26)11(7-25)28-16(18)24-9-21-12-14(24)22-17(20)23-15(12)27-8-10-5-3-2-4-6-10/h2-6,9,11,13,16,25-26H,7-8H2,1H3,(H2,20,22,23). The molecule has 4 N–H and O–H groups in total. The Balaban J connectivity index is 1.69. The first-order chi connectivity index (χ1) is 13.4. The van der Waals surface area contributed by atoms with Crippen LogP contribution in [0.1, 0.15) is 18.7 Å². The van der Waals surface area contributed by atoms with Crippen LogP contribution in [0.2, 0.25) is 0 Å². The highest BCUT2D eigenvalue weighted by atomic mass is 19.1. The second kappa shape index (κ2) is 6.97. The summed E-state index contributed by atoms with van der Waals surface area (Å²) in [6.07, 6.45) is -2.50. The molecule has 4 atom stereocenters. The quantitative estimate of drug-likeness (QED) is 0.589. The number of ether oxygens (including phenoxy) is 2. The number of benzene rings is 1. The van der Waals surface area contributed by atoms with Gasteiger partial charge in [-0.15, -0.1) is 0 Å². The second-order valence-electron chi connectivity index (χ2n) is 6.79. The van der Waals surface area contributed by atoms with Crippen molar-refractivity contribution in [3.05, 3.63) is 42.2 Å². The molecular weight excluding hydrogens is 369 g/mol. The van der Waals surface area contributed by atoms with Crippen LogP contribution in [0.4, 0.5) is 10.3 Å². The first-order valence-corrected chi connectivity index (χ1v) is 8.72. The molecule has 0 saturated carbocycles. The summed E-state index contributed by atoms with van der Waals surface area (Å²) in [5.74, 6) is 0.0815. The molecule has 1 fully saturated rings. The van der Waals surface area contributed by atoms with Gasteiger partial charge in [-0.3, -0.25) is 4.57 Å². The highest BCUT2D eigenvalue weighted by molar-refractivity contribution is 5.77. The van der Waals surface area contributed by atoms with Crippen LogP contribution >= 0.6 is 0 Å². The van der Waals surface area contributed by atoms with Gasteiger partial charge in [0, 0.05) is 0 Å². The van der Waals surface area contributed by atoms with Crippen LogP contribution in [0.3, 0.4) is 0 Å². The van der Waals surface area contributed by atoms with Crippen LogP contribution in [0, 0.1) is 0 Å². The van der Waals surface area contributed by atoms with Crippen LogP contribution in [0.15, 0.2) is 36.7 Å². The third-order valence-corrected chi connectivity index (χ3v) is 4.77. The number of aliphatic hydroxyl groups excluding tert-OH is 2. The van der Waals surface area contributed by atoms with Gasteiger partial charge >= 0.3 is 0 Å². The Morgan fingerprint density at radius 1 is 1.32 bits per heavy atom. The number of rotatable bonds is 5. The Bertz CT molecular complexity index is 981. The number of hydrogen-bond acceptors (Lipinski definition) is 8. The fourth-order valence-electron chi connectivity index (χ4n) is 3.27. The number of halogens is 1. The molecule has 28 heavy (non-hydrogen) atoms. The third-order valence-electron chi connectivity index (χ3n) is 4.77. The van der Waals surface area contributed by atoms with Gasteiger partial charge in [0.15, 0.2) is 23.1 Å².